The van der Waals surface area contributed by atoms with Crippen molar-refractivity contribution in [3.8, 4) is 0 Å². The van der Waals surface area contributed by atoms with Gasteiger partial charge in [0.2, 0.25) is 0 Å². The van der Waals surface area contributed by atoms with Crippen LogP contribution in [0.15, 0.2) is 51.8 Å². The number of aryl methyl sites for hydroxylation is 1. The minimum atomic E-state index is -1.34. The summed E-state index contributed by atoms with van der Waals surface area (Å²) in [5.41, 5.74) is 2.13. The minimum absolute atomic E-state index is 0.391. The van der Waals surface area contributed by atoms with Crippen LogP contribution in [0.1, 0.15) is 25.0 Å². The molecule has 7 heteroatoms. The molecule has 2 aromatic rings. The fourth-order valence-electron chi connectivity index (χ4n) is 2.53. The number of rotatable bonds is 10. The van der Waals surface area contributed by atoms with Crippen molar-refractivity contribution < 1.29 is 13.7 Å². The van der Waals surface area contributed by atoms with Crippen molar-refractivity contribution in [3.63, 3.8) is 0 Å². The molecule has 0 radical (unpaired) electrons. The Labute approximate surface area is 177 Å². The van der Waals surface area contributed by atoms with Crippen LogP contribution in [0.5, 0.6) is 0 Å². The van der Waals surface area contributed by atoms with E-state index in [0.29, 0.717) is 31.3 Å². The highest BCUT2D eigenvalue weighted by molar-refractivity contribution is 9.10. The average Bonchev–Trinajstić information content (AvgIpc) is 2.64. The summed E-state index contributed by atoms with van der Waals surface area (Å²) >= 11 is 9.55. The van der Waals surface area contributed by atoms with E-state index in [1.807, 2.05) is 67.5 Å². The van der Waals surface area contributed by atoms with Gasteiger partial charge in [-0.25, -0.2) is 8.51 Å². The van der Waals surface area contributed by atoms with Crippen LogP contribution in [-0.2, 0) is 27.0 Å². The number of hydrogen-bond acceptors (Lipinski definition) is 3. The summed E-state index contributed by atoms with van der Waals surface area (Å²) in [4.78, 5) is 0.750. The maximum Gasteiger partial charge on any atom is 0.171 e. The fraction of sp³-hybridized carbons (Fsp3) is 0.400. The van der Waals surface area contributed by atoms with Crippen LogP contribution in [0.3, 0.4) is 0 Å². The van der Waals surface area contributed by atoms with Gasteiger partial charge < -0.3 is 9.47 Å². The lowest BCUT2D eigenvalue weighted by Gasteiger charge is -2.26. The largest absolute Gasteiger partial charge is 0.352 e. The Balaban J connectivity index is 2.26. The Kier molecular flexibility index (Phi) is 9.42. The zero-order valence-electron chi connectivity index (χ0n) is 15.8. The van der Waals surface area contributed by atoms with E-state index >= 15 is 0 Å². The topological polar surface area (TPSA) is 38.8 Å². The molecule has 0 aliphatic heterocycles. The second kappa shape index (κ2) is 11.3. The summed E-state index contributed by atoms with van der Waals surface area (Å²) < 4.78 is 27.3. The number of benzene rings is 2. The molecule has 0 spiro atoms. The SMILES string of the molecule is CCOC(CN(Cc1ccc(Cl)c(Br)c1)S(=O)c1ccc(C)cc1)OCC. The predicted octanol–water partition coefficient (Wildman–Crippen LogP) is 5.33. The highest BCUT2D eigenvalue weighted by Gasteiger charge is 2.21. The molecule has 27 heavy (non-hydrogen) atoms. The first-order chi connectivity index (χ1) is 12.9. The standard InChI is InChI=1S/C20H25BrClNO3S/c1-4-25-20(26-5-2)14-23(13-16-8-11-19(22)18(21)12-16)27(24)17-9-6-15(3)7-10-17/h6-12,20H,4-5,13-14H2,1-3H3. The lowest BCUT2D eigenvalue weighted by Crippen LogP contribution is -2.36. The molecule has 2 rings (SSSR count). The van der Waals surface area contributed by atoms with E-state index < -0.39 is 17.3 Å². The molecule has 1 unspecified atom stereocenters. The summed E-state index contributed by atoms with van der Waals surface area (Å²) in [6.45, 7) is 7.78. The van der Waals surface area contributed by atoms with E-state index in [4.69, 9.17) is 21.1 Å². The molecule has 0 saturated carbocycles. The number of ether oxygens (including phenoxy) is 2. The number of halogens is 2. The summed E-state index contributed by atoms with van der Waals surface area (Å²) in [6, 6.07) is 13.4. The van der Waals surface area contributed by atoms with Crippen LogP contribution in [0.2, 0.25) is 5.02 Å². The lowest BCUT2D eigenvalue weighted by atomic mass is 10.2. The van der Waals surface area contributed by atoms with Crippen LogP contribution < -0.4 is 0 Å². The maximum absolute atomic E-state index is 13.2. The van der Waals surface area contributed by atoms with Gasteiger partial charge in [0.1, 0.15) is 11.0 Å². The highest BCUT2D eigenvalue weighted by Crippen LogP contribution is 2.25. The van der Waals surface area contributed by atoms with Gasteiger partial charge in [-0.15, -0.1) is 0 Å². The normalized spacial score (nSPS) is 12.7. The van der Waals surface area contributed by atoms with Crippen molar-refractivity contribution in [2.75, 3.05) is 19.8 Å². The zero-order valence-corrected chi connectivity index (χ0v) is 18.9. The van der Waals surface area contributed by atoms with Crippen LogP contribution in [-0.4, -0.2) is 34.6 Å². The summed E-state index contributed by atoms with van der Waals surface area (Å²) in [7, 11) is -1.34. The van der Waals surface area contributed by atoms with Gasteiger partial charge in [-0.2, -0.15) is 0 Å². The van der Waals surface area contributed by atoms with Gasteiger partial charge in [0.05, 0.1) is 16.5 Å². The zero-order chi connectivity index (χ0) is 19.8. The second-order valence-electron chi connectivity index (χ2n) is 5.97. The predicted molar refractivity (Wildman–Crippen MR) is 114 cm³/mol. The molecule has 0 aliphatic rings. The van der Waals surface area contributed by atoms with E-state index in [0.717, 1.165) is 20.5 Å². The van der Waals surface area contributed by atoms with Crippen molar-refractivity contribution >= 4 is 38.5 Å². The average molecular weight is 475 g/mol. The summed E-state index contributed by atoms with van der Waals surface area (Å²) in [5, 5.41) is 0.645. The molecular weight excluding hydrogens is 450 g/mol. The minimum Gasteiger partial charge on any atom is -0.352 e. The van der Waals surface area contributed by atoms with Crippen LogP contribution >= 0.6 is 27.5 Å². The highest BCUT2D eigenvalue weighted by atomic mass is 79.9. The Bertz CT molecular complexity index is 751. The Morgan fingerprint density at radius 2 is 1.74 bits per heavy atom. The van der Waals surface area contributed by atoms with E-state index in [1.54, 1.807) is 0 Å². The maximum atomic E-state index is 13.2. The van der Waals surface area contributed by atoms with Crippen LogP contribution in [0.25, 0.3) is 0 Å². The van der Waals surface area contributed by atoms with E-state index in [9.17, 15) is 4.21 Å². The van der Waals surface area contributed by atoms with E-state index in [-0.39, 0.29) is 0 Å². The first kappa shape index (κ1) is 22.5. The van der Waals surface area contributed by atoms with Crippen LogP contribution in [0, 0.1) is 6.92 Å². The summed E-state index contributed by atoms with van der Waals surface area (Å²) in [6.07, 6.45) is -0.440. The molecule has 0 fully saturated rings. The van der Waals surface area contributed by atoms with Gasteiger partial charge in [0.25, 0.3) is 0 Å². The van der Waals surface area contributed by atoms with Crippen molar-refractivity contribution in [1.82, 2.24) is 4.31 Å². The molecule has 1 atom stereocenters. The number of hydrogen-bond donors (Lipinski definition) is 0. The smallest absolute Gasteiger partial charge is 0.171 e. The molecule has 0 aromatic heterocycles. The monoisotopic (exact) mass is 473 g/mol. The Morgan fingerprint density at radius 1 is 1.11 bits per heavy atom. The van der Waals surface area contributed by atoms with Crippen molar-refractivity contribution in [1.29, 1.82) is 0 Å². The molecule has 4 nitrogen and oxygen atoms in total. The summed E-state index contributed by atoms with van der Waals surface area (Å²) in [5.74, 6) is 0. The van der Waals surface area contributed by atoms with Gasteiger partial charge >= 0.3 is 0 Å². The molecule has 2 aromatic carbocycles. The second-order valence-corrected chi connectivity index (χ2v) is 8.72. The van der Waals surface area contributed by atoms with Gasteiger partial charge in [0, 0.05) is 24.2 Å². The first-order valence-electron chi connectivity index (χ1n) is 8.85. The van der Waals surface area contributed by atoms with Crippen molar-refractivity contribution in [3.05, 3.63) is 63.1 Å². The molecule has 0 aliphatic carbocycles. The fourth-order valence-corrected chi connectivity index (χ4v) is 4.26. The van der Waals surface area contributed by atoms with Gasteiger partial charge in [-0.1, -0.05) is 35.4 Å². The molecule has 0 bridgehead atoms. The third kappa shape index (κ3) is 6.97. The number of nitrogens with zero attached hydrogens (tertiary/aromatic N) is 1. The first-order valence-corrected chi connectivity index (χ1v) is 11.1. The van der Waals surface area contributed by atoms with Crippen molar-refractivity contribution in [2.45, 2.75) is 38.5 Å². The van der Waals surface area contributed by atoms with Gasteiger partial charge in [-0.05, 0) is 66.5 Å². The van der Waals surface area contributed by atoms with Gasteiger partial charge in [-0.3, -0.25) is 0 Å². The van der Waals surface area contributed by atoms with E-state index in [2.05, 4.69) is 15.9 Å². The van der Waals surface area contributed by atoms with Crippen molar-refractivity contribution in [2.24, 2.45) is 0 Å². The van der Waals surface area contributed by atoms with E-state index in [1.165, 1.54) is 0 Å². The lowest BCUT2D eigenvalue weighted by molar-refractivity contribution is -0.140. The molecule has 0 N–H and O–H groups in total. The Morgan fingerprint density at radius 3 is 2.30 bits per heavy atom. The third-order valence-electron chi connectivity index (χ3n) is 3.86. The quantitative estimate of drug-likeness (QED) is 0.437. The third-order valence-corrected chi connectivity index (χ3v) is 6.49. The van der Waals surface area contributed by atoms with Crippen LogP contribution in [0.4, 0.5) is 0 Å². The molecule has 148 valence electrons. The van der Waals surface area contributed by atoms with Gasteiger partial charge in [0.15, 0.2) is 6.29 Å². The molecule has 0 amide bonds. The molecular formula is C20H25BrClNO3S. The molecule has 0 heterocycles. The molecule has 0 saturated heterocycles. The Hall–Kier alpha value is -0.760.